The maximum absolute atomic E-state index is 12.2. The van der Waals surface area contributed by atoms with Crippen LogP contribution in [0.5, 0.6) is 0 Å². The number of aromatic amines is 1. The van der Waals surface area contributed by atoms with Crippen molar-refractivity contribution < 1.29 is 8.42 Å². The molecule has 2 N–H and O–H groups in total. The van der Waals surface area contributed by atoms with Crippen LogP contribution < -0.4 is 4.72 Å². The second-order valence-electron chi connectivity index (χ2n) is 6.09. The second kappa shape index (κ2) is 5.48. The lowest BCUT2D eigenvalue weighted by atomic mass is 9.92. The molecule has 1 heterocycles. The van der Waals surface area contributed by atoms with Gasteiger partial charge in [0.25, 0.3) is 10.0 Å². The van der Waals surface area contributed by atoms with Gasteiger partial charge in [0, 0.05) is 13.0 Å². The minimum absolute atomic E-state index is 0.190. The molecule has 6 heteroatoms. The van der Waals surface area contributed by atoms with Crippen LogP contribution in [0.1, 0.15) is 44.9 Å². The molecule has 112 valence electrons. The maximum atomic E-state index is 12.2. The van der Waals surface area contributed by atoms with Gasteiger partial charge in [-0.1, -0.05) is 19.8 Å². The molecule has 20 heavy (non-hydrogen) atoms. The largest absolute Gasteiger partial charge is 0.332 e. The van der Waals surface area contributed by atoms with Gasteiger partial charge in [0.1, 0.15) is 5.82 Å². The fraction of sp³-hybridized carbons (Fsp3) is 0.786. The molecular formula is C14H23N3O2S. The molecule has 1 aromatic rings. The van der Waals surface area contributed by atoms with Gasteiger partial charge in [0.2, 0.25) is 0 Å². The summed E-state index contributed by atoms with van der Waals surface area (Å²) in [7, 11) is -3.43. The highest BCUT2D eigenvalue weighted by Crippen LogP contribution is 2.47. The Bertz CT molecular complexity index is 567. The Morgan fingerprint density at radius 1 is 1.35 bits per heavy atom. The van der Waals surface area contributed by atoms with Crippen molar-refractivity contribution in [3.63, 3.8) is 0 Å². The molecule has 0 spiro atoms. The van der Waals surface area contributed by atoms with Gasteiger partial charge in [-0.25, -0.2) is 18.1 Å². The third kappa shape index (κ3) is 2.63. The van der Waals surface area contributed by atoms with Crippen LogP contribution in [-0.4, -0.2) is 24.9 Å². The first kappa shape index (κ1) is 14.1. The molecule has 0 aromatic carbocycles. The number of imidazole rings is 1. The molecule has 0 radical (unpaired) electrons. The molecule has 1 aromatic heterocycles. The van der Waals surface area contributed by atoms with Crippen molar-refractivity contribution in [3.05, 3.63) is 12.0 Å². The highest BCUT2D eigenvalue weighted by atomic mass is 32.2. The van der Waals surface area contributed by atoms with Gasteiger partial charge in [-0.2, -0.15) is 0 Å². The van der Waals surface area contributed by atoms with Crippen molar-refractivity contribution in [2.24, 2.45) is 17.8 Å². The SMILES string of the molecule is CCc1ncc(S(=O)(=O)NC[C@H]2CC[C@@H]3CCC[C@@H]32)[nH]1. The van der Waals surface area contributed by atoms with Crippen LogP contribution in [0.3, 0.4) is 0 Å². The van der Waals surface area contributed by atoms with Crippen molar-refractivity contribution in [1.29, 1.82) is 0 Å². The van der Waals surface area contributed by atoms with Crippen LogP contribution in [0.2, 0.25) is 0 Å². The zero-order valence-corrected chi connectivity index (χ0v) is 12.7. The van der Waals surface area contributed by atoms with E-state index >= 15 is 0 Å². The Balaban J connectivity index is 1.62. The number of hydrogen-bond donors (Lipinski definition) is 2. The molecular weight excluding hydrogens is 274 g/mol. The summed E-state index contributed by atoms with van der Waals surface area (Å²) in [6, 6.07) is 0. The zero-order valence-electron chi connectivity index (χ0n) is 11.9. The van der Waals surface area contributed by atoms with E-state index in [2.05, 4.69) is 14.7 Å². The molecule has 0 aliphatic heterocycles. The average Bonchev–Trinajstić information content (AvgIpc) is 3.13. The predicted molar refractivity (Wildman–Crippen MR) is 76.7 cm³/mol. The number of H-pyrrole nitrogens is 1. The van der Waals surface area contributed by atoms with Crippen LogP contribution in [0, 0.1) is 17.8 Å². The molecule has 2 fully saturated rings. The summed E-state index contributed by atoms with van der Waals surface area (Å²) in [6.45, 7) is 2.52. The summed E-state index contributed by atoms with van der Waals surface area (Å²) in [5, 5.41) is 0.190. The monoisotopic (exact) mass is 297 g/mol. The van der Waals surface area contributed by atoms with Crippen LogP contribution in [-0.2, 0) is 16.4 Å². The molecule has 2 saturated carbocycles. The number of nitrogens with one attached hydrogen (secondary N) is 2. The third-order valence-corrected chi connectivity index (χ3v) is 6.33. The van der Waals surface area contributed by atoms with Crippen molar-refractivity contribution in [3.8, 4) is 0 Å². The van der Waals surface area contributed by atoms with Gasteiger partial charge in [0.05, 0.1) is 6.20 Å². The first-order chi connectivity index (χ1) is 9.60. The Hall–Kier alpha value is -0.880. The second-order valence-corrected chi connectivity index (χ2v) is 7.83. The quantitative estimate of drug-likeness (QED) is 0.873. The number of hydrogen-bond acceptors (Lipinski definition) is 3. The zero-order chi connectivity index (χ0) is 14.2. The molecule has 5 nitrogen and oxygen atoms in total. The van der Waals surface area contributed by atoms with E-state index in [0.29, 0.717) is 24.7 Å². The molecule has 0 unspecified atom stereocenters. The molecule has 3 rings (SSSR count). The van der Waals surface area contributed by atoms with Crippen molar-refractivity contribution >= 4 is 10.0 Å². The van der Waals surface area contributed by atoms with E-state index < -0.39 is 10.0 Å². The lowest BCUT2D eigenvalue weighted by molar-refractivity contribution is 0.351. The van der Waals surface area contributed by atoms with E-state index in [-0.39, 0.29) is 5.03 Å². The van der Waals surface area contributed by atoms with E-state index in [4.69, 9.17) is 0 Å². The molecule has 2 aliphatic rings. The standard InChI is InChI=1S/C14H23N3O2S/c1-2-13-15-9-14(17-13)20(18,19)16-8-11-7-6-10-4-3-5-12(10)11/h9-12,16H,2-8H2,1H3,(H,15,17)/t10-,11+,12-/m0/s1. The van der Waals surface area contributed by atoms with Crippen LogP contribution in [0.4, 0.5) is 0 Å². The number of rotatable bonds is 5. The molecule has 0 amide bonds. The van der Waals surface area contributed by atoms with Crippen LogP contribution in [0.25, 0.3) is 0 Å². The number of sulfonamides is 1. The maximum Gasteiger partial charge on any atom is 0.257 e. The summed E-state index contributed by atoms with van der Waals surface area (Å²) >= 11 is 0. The van der Waals surface area contributed by atoms with Crippen molar-refractivity contribution in [2.45, 2.75) is 50.5 Å². The van der Waals surface area contributed by atoms with E-state index in [0.717, 1.165) is 11.8 Å². The Kier molecular flexibility index (Phi) is 3.86. The van der Waals surface area contributed by atoms with Gasteiger partial charge in [-0.05, 0) is 37.0 Å². The van der Waals surface area contributed by atoms with E-state index in [1.807, 2.05) is 6.92 Å². The molecule has 0 bridgehead atoms. The minimum atomic E-state index is -3.43. The normalized spacial score (nSPS) is 29.8. The smallest absolute Gasteiger partial charge is 0.257 e. The fourth-order valence-corrected chi connectivity index (χ4v) is 4.93. The summed E-state index contributed by atoms with van der Waals surface area (Å²) in [4.78, 5) is 6.92. The molecule has 0 saturated heterocycles. The number of fused-ring (bicyclic) bond motifs is 1. The first-order valence-electron chi connectivity index (χ1n) is 7.63. The summed E-state index contributed by atoms with van der Waals surface area (Å²) in [5.74, 6) is 2.82. The van der Waals surface area contributed by atoms with Gasteiger partial charge in [-0.15, -0.1) is 0 Å². The Labute approximate surface area is 120 Å². The minimum Gasteiger partial charge on any atom is -0.332 e. The average molecular weight is 297 g/mol. The lowest BCUT2D eigenvalue weighted by Crippen LogP contribution is -2.31. The van der Waals surface area contributed by atoms with E-state index in [9.17, 15) is 8.42 Å². The van der Waals surface area contributed by atoms with E-state index in [1.54, 1.807) is 0 Å². The van der Waals surface area contributed by atoms with Crippen LogP contribution in [0.15, 0.2) is 11.2 Å². The van der Waals surface area contributed by atoms with Crippen molar-refractivity contribution in [1.82, 2.24) is 14.7 Å². The molecule has 3 atom stereocenters. The van der Waals surface area contributed by atoms with Crippen molar-refractivity contribution in [2.75, 3.05) is 6.54 Å². The summed E-state index contributed by atoms with van der Waals surface area (Å²) in [5.41, 5.74) is 0. The summed E-state index contributed by atoms with van der Waals surface area (Å²) in [6.07, 6.45) is 8.51. The first-order valence-corrected chi connectivity index (χ1v) is 9.12. The van der Waals surface area contributed by atoms with Gasteiger partial charge in [0.15, 0.2) is 5.03 Å². The fourth-order valence-electron chi connectivity index (χ4n) is 3.89. The lowest BCUT2D eigenvalue weighted by Gasteiger charge is -2.18. The third-order valence-electron chi connectivity index (χ3n) is 5.00. The topological polar surface area (TPSA) is 74.8 Å². The highest BCUT2D eigenvalue weighted by molar-refractivity contribution is 7.89. The van der Waals surface area contributed by atoms with Gasteiger partial charge in [-0.3, -0.25) is 0 Å². The van der Waals surface area contributed by atoms with E-state index in [1.165, 1.54) is 38.3 Å². The number of aryl methyl sites for hydroxylation is 1. The Morgan fingerprint density at radius 2 is 2.20 bits per heavy atom. The molecule has 2 aliphatic carbocycles. The summed E-state index contributed by atoms with van der Waals surface area (Å²) < 4.78 is 27.2. The highest BCUT2D eigenvalue weighted by Gasteiger charge is 2.39. The van der Waals surface area contributed by atoms with Gasteiger partial charge < -0.3 is 4.98 Å². The predicted octanol–water partition coefficient (Wildman–Crippen LogP) is 2.08. The Morgan fingerprint density at radius 3 is 2.95 bits per heavy atom. The van der Waals surface area contributed by atoms with Gasteiger partial charge >= 0.3 is 0 Å². The number of nitrogens with zero attached hydrogens (tertiary/aromatic N) is 1. The number of aromatic nitrogens is 2. The van der Waals surface area contributed by atoms with Crippen LogP contribution >= 0.6 is 0 Å².